The van der Waals surface area contributed by atoms with Gasteiger partial charge in [0.2, 0.25) is 0 Å². The van der Waals surface area contributed by atoms with E-state index >= 15 is 0 Å². The van der Waals surface area contributed by atoms with E-state index in [1.54, 1.807) is 6.07 Å². The van der Waals surface area contributed by atoms with Crippen LogP contribution in [0, 0.1) is 0 Å². The van der Waals surface area contributed by atoms with Crippen LogP contribution in [0.15, 0.2) is 22.7 Å². The second-order valence-corrected chi connectivity index (χ2v) is 3.74. The highest BCUT2D eigenvalue weighted by Gasteiger charge is 2.05. The third-order valence-electron chi connectivity index (χ3n) is 1.87. The fraction of sp³-hybridized carbons (Fsp3) is 0.300. The van der Waals surface area contributed by atoms with Gasteiger partial charge in [-0.05, 0) is 30.2 Å². The molecule has 1 rings (SSSR count). The summed E-state index contributed by atoms with van der Waals surface area (Å²) < 4.78 is 0.934. The number of rotatable bonds is 3. The molecule has 0 radical (unpaired) electrons. The van der Waals surface area contributed by atoms with Gasteiger partial charge in [-0.25, -0.2) is 0 Å². The summed E-state index contributed by atoms with van der Waals surface area (Å²) in [6.45, 7) is 2.12. The van der Waals surface area contributed by atoms with Gasteiger partial charge in [-0.1, -0.05) is 22.9 Å². The minimum Gasteiger partial charge on any atom is -0.324 e. The van der Waals surface area contributed by atoms with Gasteiger partial charge >= 0.3 is 0 Å². The highest BCUT2D eigenvalue weighted by atomic mass is 79.9. The van der Waals surface area contributed by atoms with E-state index in [0.29, 0.717) is 5.56 Å². The van der Waals surface area contributed by atoms with E-state index in [2.05, 4.69) is 22.9 Å². The van der Waals surface area contributed by atoms with Crippen molar-refractivity contribution in [2.24, 2.45) is 5.73 Å². The van der Waals surface area contributed by atoms with E-state index in [1.807, 2.05) is 12.1 Å². The molecule has 0 aliphatic rings. The second kappa shape index (κ2) is 6.17. The fourth-order valence-electron chi connectivity index (χ4n) is 1.13. The van der Waals surface area contributed by atoms with E-state index in [4.69, 9.17) is 5.73 Å². The molecule has 1 aromatic rings. The van der Waals surface area contributed by atoms with Gasteiger partial charge in [-0.3, -0.25) is 4.79 Å². The summed E-state index contributed by atoms with van der Waals surface area (Å²) in [4.78, 5) is 11.3. The highest BCUT2D eigenvalue weighted by Crippen LogP contribution is 2.16. The maximum atomic E-state index is 11.3. The third-order valence-corrected chi connectivity index (χ3v) is 2.33. The molecular weight excluding hydrogens is 265 g/mol. The van der Waals surface area contributed by atoms with Crippen LogP contribution in [0.2, 0.25) is 0 Å². The van der Waals surface area contributed by atoms with Crippen molar-refractivity contribution >= 4 is 34.1 Å². The Morgan fingerprint density at radius 1 is 1.43 bits per heavy atom. The number of ketones is 1. The first-order valence-electron chi connectivity index (χ1n) is 4.20. The lowest BCUT2D eigenvalue weighted by molar-refractivity contribution is 0.100. The summed E-state index contributed by atoms with van der Waals surface area (Å²) in [5, 5.41) is 0. The van der Waals surface area contributed by atoms with Crippen LogP contribution in [0.25, 0.3) is 0 Å². The summed E-state index contributed by atoms with van der Waals surface area (Å²) in [6, 6.07) is 5.70. The number of nitrogens with two attached hydrogens (primary N) is 1. The van der Waals surface area contributed by atoms with Crippen LogP contribution in [0.4, 0.5) is 0 Å². The number of hydrogen-bond donors (Lipinski definition) is 1. The molecule has 1 aromatic carbocycles. The first-order chi connectivity index (χ1) is 6.17. The van der Waals surface area contributed by atoms with E-state index in [0.717, 1.165) is 16.5 Å². The Morgan fingerprint density at radius 3 is 2.57 bits per heavy atom. The number of benzene rings is 1. The van der Waals surface area contributed by atoms with Gasteiger partial charge < -0.3 is 5.73 Å². The Hall–Kier alpha value is -0.380. The molecule has 0 aromatic heterocycles. The quantitative estimate of drug-likeness (QED) is 0.864. The van der Waals surface area contributed by atoms with Crippen molar-refractivity contribution < 1.29 is 4.79 Å². The molecule has 78 valence electrons. The Labute approximate surface area is 98.4 Å². The van der Waals surface area contributed by atoms with Crippen molar-refractivity contribution in [2.75, 3.05) is 6.54 Å². The molecule has 0 amide bonds. The number of hydrogen-bond acceptors (Lipinski definition) is 2. The molecule has 0 saturated heterocycles. The minimum absolute atomic E-state index is 0. The van der Waals surface area contributed by atoms with Gasteiger partial charge in [-0.2, -0.15) is 0 Å². The second-order valence-electron chi connectivity index (χ2n) is 2.83. The van der Waals surface area contributed by atoms with Crippen LogP contribution in [0.5, 0.6) is 0 Å². The van der Waals surface area contributed by atoms with E-state index in [-0.39, 0.29) is 24.7 Å². The van der Waals surface area contributed by atoms with Gasteiger partial charge in [0.25, 0.3) is 0 Å². The van der Waals surface area contributed by atoms with Crippen LogP contribution >= 0.6 is 28.3 Å². The predicted octanol–water partition coefficient (Wildman–Crippen LogP) is 2.57. The molecule has 2 N–H and O–H groups in total. The Bertz CT molecular complexity index is 328. The van der Waals surface area contributed by atoms with Crippen molar-refractivity contribution in [2.45, 2.75) is 13.3 Å². The molecule has 0 spiro atoms. The lowest BCUT2D eigenvalue weighted by atomic mass is 10.1. The van der Waals surface area contributed by atoms with Crippen LogP contribution in [-0.4, -0.2) is 12.3 Å². The molecule has 14 heavy (non-hydrogen) atoms. The van der Waals surface area contributed by atoms with Gasteiger partial charge in [0.05, 0.1) is 6.54 Å². The van der Waals surface area contributed by atoms with Crippen molar-refractivity contribution in [3.05, 3.63) is 33.8 Å². The lowest BCUT2D eigenvalue weighted by Gasteiger charge is -2.02. The van der Waals surface area contributed by atoms with Crippen LogP contribution in [0.1, 0.15) is 22.8 Å². The molecule has 0 saturated carbocycles. The molecule has 0 fully saturated rings. The van der Waals surface area contributed by atoms with Crippen molar-refractivity contribution in [1.82, 2.24) is 0 Å². The van der Waals surface area contributed by atoms with Crippen molar-refractivity contribution in [3.8, 4) is 0 Å². The average molecular weight is 279 g/mol. The fourth-order valence-corrected chi connectivity index (χ4v) is 1.67. The summed E-state index contributed by atoms with van der Waals surface area (Å²) in [5.41, 5.74) is 7.11. The maximum Gasteiger partial charge on any atom is 0.176 e. The van der Waals surface area contributed by atoms with E-state index in [1.165, 1.54) is 0 Å². The number of aryl methyl sites for hydroxylation is 1. The van der Waals surface area contributed by atoms with Crippen LogP contribution < -0.4 is 5.73 Å². The maximum absolute atomic E-state index is 11.3. The Kier molecular flexibility index (Phi) is 6.00. The Balaban J connectivity index is 0.00000169. The zero-order valence-corrected chi connectivity index (χ0v) is 10.3. The van der Waals surface area contributed by atoms with Crippen molar-refractivity contribution in [3.63, 3.8) is 0 Å². The summed E-state index contributed by atoms with van der Waals surface area (Å²) in [7, 11) is 0. The normalized spacial score (nSPS) is 9.36. The number of halogens is 2. The molecule has 0 aliphatic carbocycles. The molecule has 0 unspecified atom stereocenters. The smallest absolute Gasteiger partial charge is 0.176 e. The summed E-state index contributed by atoms with van der Waals surface area (Å²) >= 11 is 3.36. The van der Waals surface area contributed by atoms with Gasteiger partial charge in [0.15, 0.2) is 5.78 Å². The molecule has 0 aliphatic heterocycles. The first-order valence-corrected chi connectivity index (χ1v) is 4.99. The monoisotopic (exact) mass is 277 g/mol. The van der Waals surface area contributed by atoms with Crippen LogP contribution in [-0.2, 0) is 6.42 Å². The van der Waals surface area contributed by atoms with Gasteiger partial charge in [0, 0.05) is 10.0 Å². The highest BCUT2D eigenvalue weighted by molar-refractivity contribution is 9.10. The first kappa shape index (κ1) is 13.6. The molecule has 2 nitrogen and oxygen atoms in total. The molecular formula is C10H13BrClNO. The molecule has 0 atom stereocenters. The van der Waals surface area contributed by atoms with E-state index in [9.17, 15) is 4.79 Å². The number of carbonyl (C=O) groups is 1. The lowest BCUT2D eigenvalue weighted by Crippen LogP contribution is -2.13. The van der Waals surface area contributed by atoms with E-state index < -0.39 is 0 Å². The number of Topliss-reactive ketones (excluding diaryl/α,β-unsaturated/α-hetero) is 1. The van der Waals surface area contributed by atoms with Crippen LogP contribution in [0.3, 0.4) is 0 Å². The summed E-state index contributed by atoms with van der Waals surface area (Å²) in [5.74, 6) is -0.0176. The van der Waals surface area contributed by atoms with Gasteiger partial charge in [-0.15, -0.1) is 12.4 Å². The molecule has 4 heteroatoms. The summed E-state index contributed by atoms with van der Waals surface area (Å²) in [6.07, 6.45) is 0.921. The zero-order valence-electron chi connectivity index (χ0n) is 7.92. The zero-order chi connectivity index (χ0) is 9.84. The molecule has 0 heterocycles. The third kappa shape index (κ3) is 3.40. The SMILES string of the molecule is CCc1cc(Br)cc(C(=O)CN)c1.Cl. The topological polar surface area (TPSA) is 43.1 Å². The molecule has 0 bridgehead atoms. The minimum atomic E-state index is -0.0176. The number of carbonyl (C=O) groups excluding carboxylic acids is 1. The average Bonchev–Trinajstić information content (AvgIpc) is 2.15. The predicted molar refractivity (Wildman–Crippen MR) is 64.2 cm³/mol. The standard InChI is InChI=1S/C10H12BrNO.ClH/c1-2-7-3-8(10(13)6-12)5-9(11)4-7;/h3-5H,2,6,12H2,1H3;1H. The Morgan fingerprint density at radius 2 is 2.07 bits per heavy atom. The largest absolute Gasteiger partial charge is 0.324 e. The van der Waals surface area contributed by atoms with Crippen molar-refractivity contribution in [1.29, 1.82) is 0 Å². The van der Waals surface area contributed by atoms with Gasteiger partial charge in [0.1, 0.15) is 0 Å².